The number of rotatable bonds is 10. The molecule has 0 spiro atoms. The van der Waals surface area contributed by atoms with E-state index in [1.165, 1.54) is 51.4 Å². The Bertz CT molecular complexity index is 225. The van der Waals surface area contributed by atoms with Gasteiger partial charge in [-0.2, -0.15) is 0 Å². The molecule has 3 nitrogen and oxygen atoms in total. The monoisotopic (exact) mass is 268 g/mol. The molecule has 0 aromatic rings. The van der Waals surface area contributed by atoms with Gasteiger partial charge in [-0.15, -0.1) is 0 Å². The third-order valence-corrected chi connectivity index (χ3v) is 3.99. The number of carbonyl (C=O) groups is 1. The molecule has 2 N–H and O–H groups in total. The molecule has 0 aliphatic carbocycles. The summed E-state index contributed by atoms with van der Waals surface area (Å²) in [6.07, 6.45) is 12.1. The number of hydrogen-bond acceptors (Lipinski definition) is 2. The van der Waals surface area contributed by atoms with Crippen molar-refractivity contribution in [2.24, 2.45) is 5.92 Å². The van der Waals surface area contributed by atoms with Gasteiger partial charge in [-0.25, -0.2) is 0 Å². The number of carbonyl (C=O) groups excluding carboxylic acids is 1. The summed E-state index contributed by atoms with van der Waals surface area (Å²) in [7, 11) is 0. The maximum Gasteiger partial charge on any atom is 0.220 e. The minimum Gasteiger partial charge on any atom is -0.356 e. The largest absolute Gasteiger partial charge is 0.356 e. The zero-order chi connectivity index (χ0) is 13.8. The van der Waals surface area contributed by atoms with E-state index in [0.29, 0.717) is 12.3 Å². The van der Waals surface area contributed by atoms with E-state index in [9.17, 15) is 4.79 Å². The summed E-state index contributed by atoms with van der Waals surface area (Å²) in [5.41, 5.74) is 0. The summed E-state index contributed by atoms with van der Waals surface area (Å²) >= 11 is 0. The molecule has 1 heterocycles. The van der Waals surface area contributed by atoms with Crippen LogP contribution in [0.2, 0.25) is 0 Å². The normalized spacial score (nSPS) is 19.3. The molecule has 0 radical (unpaired) electrons. The van der Waals surface area contributed by atoms with Crippen LogP contribution in [-0.2, 0) is 4.79 Å². The first-order chi connectivity index (χ1) is 9.33. The quantitative estimate of drug-likeness (QED) is 0.597. The van der Waals surface area contributed by atoms with Crippen molar-refractivity contribution in [2.75, 3.05) is 19.6 Å². The molecule has 19 heavy (non-hydrogen) atoms. The molecule has 112 valence electrons. The van der Waals surface area contributed by atoms with Crippen LogP contribution in [-0.4, -0.2) is 25.5 Å². The summed E-state index contributed by atoms with van der Waals surface area (Å²) in [6.45, 7) is 5.31. The number of nitrogens with one attached hydrogen (secondary N) is 2. The average molecular weight is 268 g/mol. The van der Waals surface area contributed by atoms with Crippen LogP contribution in [0, 0.1) is 5.92 Å². The standard InChI is InChI=1S/C16H32N2O/c1-2-3-4-5-6-7-8-11-16(19)18-14-15-10-9-12-17-13-15/h15,17H,2-14H2,1H3,(H,18,19). The Morgan fingerprint density at radius 3 is 2.58 bits per heavy atom. The fourth-order valence-corrected chi connectivity index (χ4v) is 2.69. The van der Waals surface area contributed by atoms with Crippen molar-refractivity contribution < 1.29 is 4.79 Å². The fourth-order valence-electron chi connectivity index (χ4n) is 2.69. The molecule has 0 saturated carbocycles. The lowest BCUT2D eigenvalue weighted by Crippen LogP contribution is -2.38. The van der Waals surface area contributed by atoms with Crippen LogP contribution in [0.5, 0.6) is 0 Å². The number of hydrogen-bond donors (Lipinski definition) is 2. The maximum atomic E-state index is 11.7. The molecule has 1 amide bonds. The Hall–Kier alpha value is -0.570. The predicted octanol–water partition coefficient (Wildman–Crippen LogP) is 3.24. The number of amides is 1. The van der Waals surface area contributed by atoms with Gasteiger partial charge in [-0.05, 0) is 38.3 Å². The van der Waals surface area contributed by atoms with Crippen molar-refractivity contribution in [2.45, 2.75) is 71.1 Å². The smallest absolute Gasteiger partial charge is 0.220 e. The van der Waals surface area contributed by atoms with E-state index in [0.717, 1.165) is 26.1 Å². The third kappa shape index (κ3) is 9.04. The van der Waals surface area contributed by atoms with Crippen LogP contribution in [0.1, 0.15) is 71.1 Å². The maximum absolute atomic E-state index is 11.7. The molecule has 1 fully saturated rings. The molecule has 1 rings (SSSR count). The van der Waals surface area contributed by atoms with Crippen molar-refractivity contribution >= 4 is 5.91 Å². The highest BCUT2D eigenvalue weighted by atomic mass is 16.1. The van der Waals surface area contributed by atoms with E-state index in [2.05, 4.69) is 17.6 Å². The highest BCUT2D eigenvalue weighted by Gasteiger charge is 2.13. The zero-order valence-corrected chi connectivity index (χ0v) is 12.7. The molecule has 1 aliphatic rings. The summed E-state index contributed by atoms with van der Waals surface area (Å²) in [6, 6.07) is 0. The van der Waals surface area contributed by atoms with Crippen LogP contribution in [0.15, 0.2) is 0 Å². The SMILES string of the molecule is CCCCCCCCCC(=O)NCC1CCCNC1. The van der Waals surface area contributed by atoms with Gasteiger partial charge in [0.1, 0.15) is 0 Å². The first-order valence-electron chi connectivity index (χ1n) is 8.30. The van der Waals surface area contributed by atoms with E-state index in [1.807, 2.05) is 0 Å². The van der Waals surface area contributed by atoms with Crippen molar-refractivity contribution in [1.82, 2.24) is 10.6 Å². The van der Waals surface area contributed by atoms with Gasteiger partial charge >= 0.3 is 0 Å². The van der Waals surface area contributed by atoms with Gasteiger partial charge in [-0.3, -0.25) is 4.79 Å². The zero-order valence-electron chi connectivity index (χ0n) is 12.7. The lowest BCUT2D eigenvalue weighted by molar-refractivity contribution is -0.121. The van der Waals surface area contributed by atoms with Gasteiger partial charge < -0.3 is 10.6 Å². The molecular weight excluding hydrogens is 236 g/mol. The summed E-state index contributed by atoms with van der Waals surface area (Å²) < 4.78 is 0. The van der Waals surface area contributed by atoms with Gasteiger partial charge in [0.25, 0.3) is 0 Å². The first kappa shape index (κ1) is 16.5. The Morgan fingerprint density at radius 1 is 1.16 bits per heavy atom. The van der Waals surface area contributed by atoms with Gasteiger partial charge in [0, 0.05) is 13.0 Å². The molecule has 0 aromatic heterocycles. The minimum absolute atomic E-state index is 0.249. The molecule has 1 aliphatic heterocycles. The van der Waals surface area contributed by atoms with Crippen LogP contribution in [0.25, 0.3) is 0 Å². The second-order valence-corrected chi connectivity index (χ2v) is 5.89. The van der Waals surface area contributed by atoms with E-state index in [1.54, 1.807) is 0 Å². The molecule has 0 aromatic carbocycles. The Kier molecular flexibility index (Phi) is 9.78. The third-order valence-electron chi connectivity index (χ3n) is 3.99. The van der Waals surface area contributed by atoms with E-state index < -0.39 is 0 Å². The Morgan fingerprint density at radius 2 is 1.89 bits per heavy atom. The van der Waals surface area contributed by atoms with Crippen LogP contribution in [0.3, 0.4) is 0 Å². The molecule has 1 saturated heterocycles. The second kappa shape index (κ2) is 11.3. The molecule has 3 heteroatoms. The Balaban J connectivity index is 1.87. The summed E-state index contributed by atoms with van der Waals surface area (Å²) in [5.74, 6) is 0.894. The lowest BCUT2D eigenvalue weighted by Gasteiger charge is -2.22. The van der Waals surface area contributed by atoms with Gasteiger partial charge in [-0.1, -0.05) is 45.4 Å². The van der Waals surface area contributed by atoms with E-state index in [-0.39, 0.29) is 5.91 Å². The summed E-state index contributed by atoms with van der Waals surface area (Å²) in [5, 5.41) is 6.47. The topological polar surface area (TPSA) is 41.1 Å². The van der Waals surface area contributed by atoms with E-state index >= 15 is 0 Å². The fraction of sp³-hybridized carbons (Fsp3) is 0.938. The Labute approximate surface area is 118 Å². The van der Waals surface area contributed by atoms with Gasteiger partial charge in [0.05, 0.1) is 0 Å². The number of unbranched alkanes of at least 4 members (excludes halogenated alkanes) is 6. The van der Waals surface area contributed by atoms with Crippen LogP contribution in [0.4, 0.5) is 0 Å². The molecular formula is C16H32N2O. The predicted molar refractivity (Wildman–Crippen MR) is 81.2 cm³/mol. The van der Waals surface area contributed by atoms with Crippen molar-refractivity contribution in [3.8, 4) is 0 Å². The molecule has 0 bridgehead atoms. The van der Waals surface area contributed by atoms with Crippen LogP contribution < -0.4 is 10.6 Å². The summed E-state index contributed by atoms with van der Waals surface area (Å²) in [4.78, 5) is 11.7. The van der Waals surface area contributed by atoms with Crippen LogP contribution >= 0.6 is 0 Å². The van der Waals surface area contributed by atoms with Gasteiger partial charge in [0.15, 0.2) is 0 Å². The minimum atomic E-state index is 0.249. The highest BCUT2D eigenvalue weighted by molar-refractivity contribution is 5.75. The number of piperidine rings is 1. The second-order valence-electron chi connectivity index (χ2n) is 5.89. The van der Waals surface area contributed by atoms with Crippen molar-refractivity contribution in [3.63, 3.8) is 0 Å². The van der Waals surface area contributed by atoms with Crippen molar-refractivity contribution in [3.05, 3.63) is 0 Å². The average Bonchev–Trinajstić information content (AvgIpc) is 2.45. The lowest BCUT2D eigenvalue weighted by atomic mass is 10.00. The highest BCUT2D eigenvalue weighted by Crippen LogP contribution is 2.10. The first-order valence-corrected chi connectivity index (χ1v) is 8.30. The van der Waals surface area contributed by atoms with E-state index in [4.69, 9.17) is 0 Å². The molecule has 1 atom stereocenters. The molecule has 1 unspecified atom stereocenters. The van der Waals surface area contributed by atoms with Gasteiger partial charge in [0.2, 0.25) is 5.91 Å². The van der Waals surface area contributed by atoms with Crippen molar-refractivity contribution in [1.29, 1.82) is 0 Å².